The number of hydrogen-bond acceptors (Lipinski definition) is 2. The number of rotatable bonds is 4. The maximum absolute atomic E-state index is 13.4. The van der Waals surface area contributed by atoms with Crippen molar-refractivity contribution >= 4 is 16.7 Å². The molecule has 3 nitrogen and oxygen atoms in total. The molecule has 1 aliphatic heterocycles. The zero-order valence-corrected chi connectivity index (χ0v) is 19.9. The molecule has 1 N–H and O–H groups in total. The van der Waals surface area contributed by atoms with Crippen molar-refractivity contribution in [3.63, 3.8) is 0 Å². The second-order valence-electron chi connectivity index (χ2n) is 10.00. The van der Waals surface area contributed by atoms with Gasteiger partial charge in [-0.15, -0.1) is 0 Å². The molecular weight excluding hydrogens is 380 g/mol. The molecule has 0 aromatic heterocycles. The Labute approximate surface area is 188 Å². The first kappa shape index (κ1) is 23.4. The molecule has 2 atom stereocenters. The van der Waals surface area contributed by atoms with Crippen LogP contribution in [0.25, 0.3) is 10.8 Å². The number of nitrogens with zero attached hydrogens (tertiary/aromatic N) is 1. The third kappa shape index (κ3) is 5.31. The average Bonchev–Trinajstić information content (AvgIpc) is 2.77. The van der Waals surface area contributed by atoms with E-state index < -0.39 is 0 Å². The van der Waals surface area contributed by atoms with Crippen LogP contribution in [0.5, 0.6) is 0 Å². The molecule has 2 aliphatic rings. The Bertz CT molecular complexity index is 899. The Balaban J connectivity index is 0.000000339. The Morgan fingerprint density at radius 1 is 1.16 bits per heavy atom. The highest BCUT2D eigenvalue weighted by atomic mass is 16.2. The maximum Gasteiger partial charge on any atom is 0.254 e. The summed E-state index contributed by atoms with van der Waals surface area (Å²) in [5, 5.41) is 5.31. The molecule has 3 heteroatoms. The molecular formula is C28H40N2O. The predicted octanol–water partition coefficient (Wildman–Crippen LogP) is 6.71. The minimum Gasteiger partial charge on any atom is -0.391 e. The Morgan fingerprint density at radius 2 is 1.87 bits per heavy atom. The van der Waals surface area contributed by atoms with E-state index in [1.165, 1.54) is 43.1 Å². The summed E-state index contributed by atoms with van der Waals surface area (Å²) in [5.74, 6) is 0.960. The number of benzene rings is 2. The van der Waals surface area contributed by atoms with Gasteiger partial charge in [-0.3, -0.25) is 4.79 Å². The molecule has 0 spiro atoms. The number of fused-ring (bicyclic) bond motifs is 2. The van der Waals surface area contributed by atoms with Gasteiger partial charge < -0.3 is 10.2 Å². The van der Waals surface area contributed by atoms with E-state index in [-0.39, 0.29) is 5.91 Å². The van der Waals surface area contributed by atoms with Gasteiger partial charge in [0.1, 0.15) is 0 Å². The molecule has 2 aromatic carbocycles. The van der Waals surface area contributed by atoms with Crippen LogP contribution in [0.4, 0.5) is 0 Å². The van der Waals surface area contributed by atoms with Crippen molar-refractivity contribution in [2.45, 2.75) is 72.3 Å². The van der Waals surface area contributed by atoms with E-state index in [9.17, 15) is 4.79 Å². The lowest BCUT2D eigenvalue weighted by atomic mass is 9.66. The van der Waals surface area contributed by atoms with E-state index in [1.807, 2.05) is 12.1 Å². The third-order valence-corrected chi connectivity index (χ3v) is 7.11. The monoisotopic (exact) mass is 420 g/mol. The van der Waals surface area contributed by atoms with Crippen LogP contribution in [-0.2, 0) is 0 Å². The first-order chi connectivity index (χ1) is 14.9. The van der Waals surface area contributed by atoms with Crippen molar-refractivity contribution in [1.29, 1.82) is 0 Å². The van der Waals surface area contributed by atoms with Crippen molar-refractivity contribution in [3.8, 4) is 0 Å². The summed E-state index contributed by atoms with van der Waals surface area (Å²) in [6.45, 7) is 14.3. The second kappa shape index (κ2) is 10.3. The molecule has 0 bridgehead atoms. The molecule has 1 aliphatic carbocycles. The molecule has 2 fully saturated rings. The fourth-order valence-corrected chi connectivity index (χ4v) is 5.37. The summed E-state index contributed by atoms with van der Waals surface area (Å²) in [6, 6.07) is 12.9. The predicted molar refractivity (Wildman–Crippen MR) is 132 cm³/mol. The van der Waals surface area contributed by atoms with Gasteiger partial charge >= 0.3 is 0 Å². The van der Waals surface area contributed by atoms with E-state index in [4.69, 9.17) is 0 Å². The van der Waals surface area contributed by atoms with Crippen molar-refractivity contribution in [2.75, 3.05) is 13.1 Å². The molecule has 1 heterocycles. The molecule has 0 radical (unpaired) electrons. The van der Waals surface area contributed by atoms with Crippen LogP contribution in [0.3, 0.4) is 0 Å². The third-order valence-electron chi connectivity index (χ3n) is 7.11. The molecule has 168 valence electrons. The van der Waals surface area contributed by atoms with Crippen LogP contribution < -0.4 is 5.32 Å². The lowest BCUT2D eigenvalue weighted by Gasteiger charge is -2.51. The van der Waals surface area contributed by atoms with Gasteiger partial charge in [-0.05, 0) is 72.5 Å². The largest absolute Gasteiger partial charge is 0.391 e. The molecule has 1 saturated heterocycles. The zero-order chi connectivity index (χ0) is 22.4. The van der Waals surface area contributed by atoms with Crippen LogP contribution in [0.2, 0.25) is 0 Å². The van der Waals surface area contributed by atoms with Gasteiger partial charge in [0, 0.05) is 24.7 Å². The summed E-state index contributed by atoms with van der Waals surface area (Å²) in [7, 11) is 0. The molecule has 1 amide bonds. The van der Waals surface area contributed by atoms with Gasteiger partial charge in [-0.1, -0.05) is 70.5 Å². The van der Waals surface area contributed by atoms with Gasteiger partial charge in [-0.25, -0.2) is 0 Å². The Kier molecular flexibility index (Phi) is 7.80. The van der Waals surface area contributed by atoms with E-state index in [0.29, 0.717) is 11.5 Å². The first-order valence-electron chi connectivity index (χ1n) is 12.0. The summed E-state index contributed by atoms with van der Waals surface area (Å²) in [6.07, 6.45) is 9.17. The smallest absolute Gasteiger partial charge is 0.254 e. The first-order valence-corrected chi connectivity index (χ1v) is 12.0. The maximum atomic E-state index is 13.4. The van der Waals surface area contributed by atoms with E-state index >= 15 is 0 Å². The van der Waals surface area contributed by atoms with Crippen LogP contribution in [0.1, 0.15) is 75.2 Å². The highest BCUT2D eigenvalue weighted by Gasteiger charge is 2.44. The van der Waals surface area contributed by atoms with Crippen LogP contribution >= 0.6 is 0 Å². The van der Waals surface area contributed by atoms with Crippen LogP contribution in [0.15, 0.2) is 49.2 Å². The van der Waals surface area contributed by atoms with Gasteiger partial charge in [0.2, 0.25) is 0 Å². The Morgan fingerprint density at radius 3 is 2.55 bits per heavy atom. The van der Waals surface area contributed by atoms with Crippen molar-refractivity contribution in [3.05, 3.63) is 60.3 Å². The van der Waals surface area contributed by atoms with Crippen molar-refractivity contribution < 1.29 is 4.79 Å². The standard InChI is InChI=1S/C22H27NO.C6H13N/c1-16-11-12-19(18-9-4-3-8-17(16)18)21(24)23-15-7-14-22(2)13-6-5-10-20(22)23;1-4-7-5-6(2)3/h3-4,8-9,11-12,20H,5-7,10,13-15H2,1-2H3;4,6-7H,1,5H2,2-3H3. The fraction of sp³-hybridized carbons (Fsp3) is 0.536. The minimum atomic E-state index is 0.240. The normalized spacial score (nSPS) is 23.0. The molecule has 4 rings (SSSR count). The summed E-state index contributed by atoms with van der Waals surface area (Å²) >= 11 is 0. The number of piperidine rings is 1. The van der Waals surface area contributed by atoms with Gasteiger partial charge in [0.25, 0.3) is 5.91 Å². The minimum absolute atomic E-state index is 0.240. The number of aryl methyl sites for hydroxylation is 1. The number of amides is 1. The van der Waals surface area contributed by atoms with E-state index in [0.717, 1.165) is 36.4 Å². The number of carbonyl (C=O) groups excluding carboxylic acids is 1. The topological polar surface area (TPSA) is 32.3 Å². The molecule has 2 aromatic rings. The van der Waals surface area contributed by atoms with Crippen molar-refractivity contribution in [1.82, 2.24) is 10.2 Å². The molecule has 31 heavy (non-hydrogen) atoms. The fourth-order valence-electron chi connectivity index (χ4n) is 5.37. The quantitative estimate of drug-likeness (QED) is 0.596. The number of hydrogen-bond donors (Lipinski definition) is 1. The van der Waals surface area contributed by atoms with Gasteiger partial charge in [0.15, 0.2) is 0 Å². The number of likely N-dealkylation sites (tertiary alicyclic amines) is 1. The van der Waals surface area contributed by atoms with E-state index in [2.05, 4.69) is 68.8 Å². The molecule has 2 unspecified atom stereocenters. The summed E-state index contributed by atoms with van der Waals surface area (Å²) in [5.41, 5.74) is 2.45. The van der Waals surface area contributed by atoms with Gasteiger partial charge in [-0.2, -0.15) is 0 Å². The lowest BCUT2D eigenvalue weighted by molar-refractivity contribution is -0.000326. The van der Waals surface area contributed by atoms with Crippen LogP contribution in [0, 0.1) is 18.3 Å². The summed E-state index contributed by atoms with van der Waals surface area (Å²) in [4.78, 5) is 15.7. The average molecular weight is 421 g/mol. The zero-order valence-electron chi connectivity index (χ0n) is 19.9. The SMILES string of the molecule is C=CNCC(C)C.Cc1ccc(C(=O)N2CCCC3(C)CCCCC23)c2ccccc12. The Hall–Kier alpha value is -2.29. The highest BCUT2D eigenvalue weighted by Crippen LogP contribution is 2.46. The lowest BCUT2D eigenvalue weighted by Crippen LogP contribution is -2.54. The highest BCUT2D eigenvalue weighted by molar-refractivity contribution is 6.08. The number of carbonyl (C=O) groups is 1. The molecule has 1 saturated carbocycles. The van der Waals surface area contributed by atoms with Crippen molar-refractivity contribution in [2.24, 2.45) is 11.3 Å². The van der Waals surface area contributed by atoms with Gasteiger partial charge in [0.05, 0.1) is 0 Å². The number of nitrogens with one attached hydrogen (secondary N) is 1. The van der Waals surface area contributed by atoms with Crippen LogP contribution in [-0.4, -0.2) is 29.9 Å². The van der Waals surface area contributed by atoms with E-state index in [1.54, 1.807) is 6.20 Å². The second-order valence-corrected chi connectivity index (χ2v) is 10.00. The summed E-state index contributed by atoms with van der Waals surface area (Å²) < 4.78 is 0.